The van der Waals surface area contributed by atoms with Gasteiger partial charge < -0.3 is 9.84 Å². The zero-order chi connectivity index (χ0) is 9.72. The predicted molar refractivity (Wildman–Crippen MR) is 41.8 cm³/mol. The summed E-state index contributed by atoms with van der Waals surface area (Å²) < 4.78 is 28.4. The Morgan fingerprint density at radius 3 is 2.42 bits per heavy atom. The smallest absolute Gasteiger partial charge is 0.317 e. The van der Waals surface area contributed by atoms with Crippen molar-refractivity contribution in [2.24, 2.45) is 0 Å². The van der Waals surface area contributed by atoms with Gasteiger partial charge in [-0.05, 0) is 0 Å². The van der Waals surface area contributed by atoms with E-state index in [1.165, 1.54) is 0 Å². The highest BCUT2D eigenvalue weighted by Crippen LogP contribution is 2.16. The van der Waals surface area contributed by atoms with Gasteiger partial charge in [-0.1, -0.05) is 15.9 Å². The van der Waals surface area contributed by atoms with E-state index >= 15 is 0 Å². The lowest BCUT2D eigenvalue weighted by molar-refractivity contribution is -0.137. The van der Waals surface area contributed by atoms with Crippen LogP contribution in [0.1, 0.15) is 6.42 Å². The lowest BCUT2D eigenvalue weighted by Crippen LogP contribution is -2.27. The van der Waals surface area contributed by atoms with E-state index in [0.717, 1.165) is 7.11 Å². The first-order valence-electron chi connectivity index (χ1n) is 3.16. The Hall–Kier alpha value is -0.230. The van der Waals surface area contributed by atoms with Crippen molar-refractivity contribution < 1.29 is 23.4 Å². The molecule has 0 aromatic carbocycles. The van der Waals surface area contributed by atoms with Gasteiger partial charge >= 0.3 is 5.97 Å². The minimum Gasteiger partial charge on any atom is -0.480 e. The van der Waals surface area contributed by atoms with Gasteiger partial charge in [0.05, 0.1) is 0 Å². The van der Waals surface area contributed by atoms with E-state index in [1.54, 1.807) is 0 Å². The first-order chi connectivity index (χ1) is 5.49. The molecule has 2 atom stereocenters. The molecule has 0 radical (unpaired) electrons. The Morgan fingerprint density at radius 1 is 1.67 bits per heavy atom. The van der Waals surface area contributed by atoms with Crippen molar-refractivity contribution in [2.75, 3.05) is 7.11 Å². The van der Waals surface area contributed by atoms with Crippen LogP contribution in [-0.4, -0.2) is 35.5 Å². The Kier molecular flexibility index (Phi) is 5.32. The average Bonchev–Trinajstić information content (AvgIpc) is 1.98. The van der Waals surface area contributed by atoms with Crippen molar-refractivity contribution in [3.8, 4) is 0 Å². The first kappa shape index (κ1) is 11.8. The van der Waals surface area contributed by atoms with Gasteiger partial charge in [-0.2, -0.15) is 0 Å². The number of aliphatic carboxylic acids is 1. The summed E-state index contributed by atoms with van der Waals surface area (Å²) in [4.78, 5) is 9.24. The second kappa shape index (κ2) is 5.42. The third-order valence-corrected chi connectivity index (χ3v) is 2.06. The van der Waals surface area contributed by atoms with Crippen LogP contribution in [0.15, 0.2) is 0 Å². The lowest BCUT2D eigenvalue weighted by atomic mass is 10.2. The summed E-state index contributed by atoms with van der Waals surface area (Å²) in [6, 6.07) is 0. The van der Waals surface area contributed by atoms with Gasteiger partial charge in [-0.15, -0.1) is 0 Å². The van der Waals surface area contributed by atoms with Crippen molar-refractivity contribution in [2.45, 2.75) is 23.8 Å². The largest absolute Gasteiger partial charge is 0.480 e. The number of carbonyl (C=O) groups is 1. The van der Waals surface area contributed by atoms with Crippen LogP contribution in [0, 0.1) is 0 Å². The SMILES string of the molecule is COC(CC(Br)C(=O)O)C(F)F. The maximum absolute atomic E-state index is 12.0. The van der Waals surface area contributed by atoms with Gasteiger partial charge in [0.25, 0.3) is 6.43 Å². The zero-order valence-electron chi connectivity index (χ0n) is 6.34. The predicted octanol–water partition coefficient (Wildman–Crippen LogP) is 1.50. The fraction of sp³-hybridized carbons (Fsp3) is 0.833. The van der Waals surface area contributed by atoms with Gasteiger partial charge in [0.15, 0.2) is 0 Å². The fourth-order valence-corrected chi connectivity index (χ4v) is 0.975. The summed E-state index contributed by atoms with van der Waals surface area (Å²) in [6.45, 7) is 0. The fourth-order valence-electron chi connectivity index (χ4n) is 0.607. The van der Waals surface area contributed by atoms with Crippen molar-refractivity contribution in [3.05, 3.63) is 0 Å². The Bertz CT molecular complexity index is 154. The summed E-state index contributed by atoms with van der Waals surface area (Å²) in [5.74, 6) is -1.17. The summed E-state index contributed by atoms with van der Waals surface area (Å²) >= 11 is 2.74. The molecule has 6 heteroatoms. The van der Waals surface area contributed by atoms with E-state index in [2.05, 4.69) is 20.7 Å². The molecule has 0 bridgehead atoms. The Labute approximate surface area is 76.8 Å². The molecule has 0 aliphatic rings. The van der Waals surface area contributed by atoms with Crippen LogP contribution in [0.3, 0.4) is 0 Å². The molecule has 0 rings (SSSR count). The monoisotopic (exact) mass is 246 g/mol. The maximum atomic E-state index is 12.0. The minimum absolute atomic E-state index is 0.247. The summed E-state index contributed by atoms with van der Waals surface area (Å²) in [6.07, 6.45) is -4.23. The standard InChI is InChI=1S/C6H9BrF2O3/c1-12-4(5(8)9)2-3(7)6(10)11/h3-5H,2H2,1H3,(H,10,11). The molecule has 0 spiro atoms. The molecular formula is C6H9BrF2O3. The lowest BCUT2D eigenvalue weighted by Gasteiger charge is -2.15. The third kappa shape index (κ3) is 3.96. The molecule has 0 saturated heterocycles. The van der Waals surface area contributed by atoms with Crippen molar-refractivity contribution >= 4 is 21.9 Å². The van der Waals surface area contributed by atoms with E-state index in [4.69, 9.17) is 5.11 Å². The molecule has 1 N–H and O–H groups in total. The summed E-state index contributed by atoms with van der Waals surface area (Å²) in [7, 11) is 1.12. The number of alkyl halides is 3. The molecule has 2 unspecified atom stereocenters. The number of rotatable bonds is 5. The van der Waals surface area contributed by atoms with Gasteiger partial charge in [0.2, 0.25) is 0 Å². The van der Waals surface area contributed by atoms with E-state index < -0.39 is 23.3 Å². The number of halogens is 3. The Balaban J connectivity index is 3.93. The highest BCUT2D eigenvalue weighted by atomic mass is 79.9. The molecule has 0 fully saturated rings. The number of carboxylic acid groups (broad SMARTS) is 1. The van der Waals surface area contributed by atoms with Crippen molar-refractivity contribution in [3.63, 3.8) is 0 Å². The number of ether oxygens (including phenoxy) is 1. The molecule has 0 aliphatic heterocycles. The topological polar surface area (TPSA) is 46.5 Å². The summed E-state index contributed by atoms with van der Waals surface area (Å²) in [5.41, 5.74) is 0. The normalized spacial score (nSPS) is 16.1. The van der Waals surface area contributed by atoms with Crippen molar-refractivity contribution in [1.29, 1.82) is 0 Å². The molecule has 0 saturated carbocycles. The van der Waals surface area contributed by atoms with Crippen LogP contribution in [0.2, 0.25) is 0 Å². The van der Waals surface area contributed by atoms with E-state index in [1.807, 2.05) is 0 Å². The molecule has 72 valence electrons. The van der Waals surface area contributed by atoms with Crippen LogP contribution in [-0.2, 0) is 9.53 Å². The average molecular weight is 247 g/mol. The summed E-state index contributed by atoms with van der Waals surface area (Å²) in [5, 5.41) is 8.36. The highest BCUT2D eigenvalue weighted by Gasteiger charge is 2.26. The molecule has 12 heavy (non-hydrogen) atoms. The number of hydrogen-bond acceptors (Lipinski definition) is 2. The van der Waals surface area contributed by atoms with Gasteiger partial charge in [0.1, 0.15) is 10.9 Å². The first-order valence-corrected chi connectivity index (χ1v) is 4.08. The number of carboxylic acids is 1. The van der Waals surface area contributed by atoms with E-state index in [0.29, 0.717) is 0 Å². The zero-order valence-corrected chi connectivity index (χ0v) is 7.92. The van der Waals surface area contributed by atoms with Crippen LogP contribution in [0.5, 0.6) is 0 Å². The molecule has 0 amide bonds. The molecule has 0 heterocycles. The van der Waals surface area contributed by atoms with Gasteiger partial charge in [-0.3, -0.25) is 4.79 Å². The van der Waals surface area contributed by atoms with Crippen molar-refractivity contribution in [1.82, 2.24) is 0 Å². The van der Waals surface area contributed by atoms with Gasteiger partial charge in [0, 0.05) is 13.5 Å². The molecule has 0 aromatic heterocycles. The molecule has 3 nitrogen and oxygen atoms in total. The molecular weight excluding hydrogens is 238 g/mol. The van der Waals surface area contributed by atoms with Gasteiger partial charge in [-0.25, -0.2) is 8.78 Å². The number of methoxy groups -OCH3 is 1. The minimum atomic E-state index is -2.66. The van der Waals surface area contributed by atoms with Crippen LogP contribution < -0.4 is 0 Å². The maximum Gasteiger partial charge on any atom is 0.317 e. The second-order valence-electron chi connectivity index (χ2n) is 2.15. The number of hydrogen-bond donors (Lipinski definition) is 1. The molecule has 0 aromatic rings. The Morgan fingerprint density at radius 2 is 2.17 bits per heavy atom. The van der Waals surface area contributed by atoms with E-state index in [9.17, 15) is 13.6 Å². The third-order valence-electron chi connectivity index (χ3n) is 1.29. The quantitative estimate of drug-likeness (QED) is 0.749. The van der Waals surface area contributed by atoms with Crippen LogP contribution >= 0.6 is 15.9 Å². The van der Waals surface area contributed by atoms with Crippen LogP contribution in [0.25, 0.3) is 0 Å². The van der Waals surface area contributed by atoms with E-state index in [-0.39, 0.29) is 6.42 Å². The van der Waals surface area contributed by atoms with Crippen LogP contribution in [0.4, 0.5) is 8.78 Å². The molecule has 0 aliphatic carbocycles. The second-order valence-corrected chi connectivity index (χ2v) is 3.26. The highest BCUT2D eigenvalue weighted by molar-refractivity contribution is 9.10.